The molecule has 1 saturated heterocycles. The summed E-state index contributed by atoms with van der Waals surface area (Å²) >= 11 is 0. The highest BCUT2D eigenvalue weighted by atomic mass is 32.2. The Hall–Kier alpha value is -1.71. The lowest BCUT2D eigenvalue weighted by atomic mass is 10.2. The van der Waals surface area contributed by atoms with Crippen molar-refractivity contribution in [1.29, 1.82) is 0 Å². The monoisotopic (exact) mass is 423 g/mol. The molecule has 1 aliphatic heterocycles. The van der Waals surface area contributed by atoms with Crippen LogP contribution in [0.25, 0.3) is 0 Å². The fourth-order valence-corrected chi connectivity index (χ4v) is 5.13. The Morgan fingerprint density at radius 1 is 1.31 bits per heavy atom. The van der Waals surface area contributed by atoms with Gasteiger partial charge in [-0.2, -0.15) is 0 Å². The Labute approximate surface area is 173 Å². The van der Waals surface area contributed by atoms with Crippen LogP contribution >= 0.6 is 0 Å². The molecular weight excluding hydrogens is 390 g/mol. The van der Waals surface area contributed by atoms with Crippen LogP contribution in [-0.2, 0) is 41.3 Å². The molecule has 1 fully saturated rings. The molecule has 3 heterocycles. The number of aromatic nitrogens is 4. The number of ether oxygens (including phenoxy) is 1. The van der Waals surface area contributed by atoms with Crippen LogP contribution in [0.15, 0.2) is 23.7 Å². The molecule has 1 aliphatic rings. The zero-order valence-electron chi connectivity index (χ0n) is 17.9. The normalized spacial score (nSPS) is 17.7. The lowest BCUT2D eigenvalue weighted by molar-refractivity contribution is 0.0926. The van der Waals surface area contributed by atoms with Gasteiger partial charge in [0.15, 0.2) is 0 Å². The number of sulfone groups is 1. The van der Waals surface area contributed by atoms with Gasteiger partial charge in [-0.3, -0.25) is 4.90 Å². The van der Waals surface area contributed by atoms with E-state index in [1.165, 1.54) is 0 Å². The van der Waals surface area contributed by atoms with Crippen LogP contribution in [0.3, 0.4) is 0 Å². The Morgan fingerprint density at radius 3 is 2.69 bits per heavy atom. The standard InChI is InChI=1S/C20H33N5O3S/c1-5-11-29(26,27)20-22-12-17(25(20)14-18-7-6-10-28-18)13-24(16(2)3)15-19-21-8-9-23(19)4/h8-9,12,16,18H,5-7,10-11,13-15H2,1-4H3/t18-/m1/s1. The number of aryl methyl sites for hydroxylation is 1. The SMILES string of the molecule is CCCS(=O)(=O)c1ncc(CN(Cc2nccn2C)C(C)C)n1C[C@H]1CCCO1. The average molecular weight is 424 g/mol. The van der Waals surface area contributed by atoms with Gasteiger partial charge in [-0.05, 0) is 33.1 Å². The summed E-state index contributed by atoms with van der Waals surface area (Å²) in [6.07, 6.45) is 8.03. The molecule has 3 rings (SSSR count). The van der Waals surface area contributed by atoms with Gasteiger partial charge in [0, 0.05) is 38.6 Å². The van der Waals surface area contributed by atoms with Crippen LogP contribution < -0.4 is 0 Å². The zero-order valence-corrected chi connectivity index (χ0v) is 18.7. The Morgan fingerprint density at radius 2 is 2.10 bits per heavy atom. The molecule has 8 nitrogen and oxygen atoms in total. The molecule has 0 saturated carbocycles. The molecule has 0 N–H and O–H groups in total. The molecular formula is C20H33N5O3S. The maximum atomic E-state index is 12.8. The summed E-state index contributed by atoms with van der Waals surface area (Å²) in [4.78, 5) is 11.1. The summed E-state index contributed by atoms with van der Waals surface area (Å²) in [5.41, 5.74) is 0.901. The topological polar surface area (TPSA) is 82.3 Å². The second-order valence-corrected chi connectivity index (χ2v) is 10.1. The predicted octanol–water partition coefficient (Wildman–Crippen LogP) is 2.39. The smallest absolute Gasteiger partial charge is 0.227 e. The summed E-state index contributed by atoms with van der Waals surface area (Å²) in [7, 11) is -1.43. The number of hydrogen-bond acceptors (Lipinski definition) is 6. The predicted molar refractivity (Wildman–Crippen MR) is 111 cm³/mol. The van der Waals surface area contributed by atoms with Crippen molar-refractivity contribution >= 4 is 9.84 Å². The second kappa shape index (κ2) is 9.40. The summed E-state index contributed by atoms with van der Waals surface area (Å²) in [5, 5.41) is 0.172. The molecule has 0 amide bonds. The quantitative estimate of drug-likeness (QED) is 0.584. The minimum atomic E-state index is -3.41. The molecule has 162 valence electrons. The fourth-order valence-electron chi connectivity index (χ4n) is 3.67. The van der Waals surface area contributed by atoms with Gasteiger partial charge >= 0.3 is 0 Å². The van der Waals surface area contributed by atoms with E-state index in [1.54, 1.807) is 12.4 Å². The highest BCUT2D eigenvalue weighted by molar-refractivity contribution is 7.91. The van der Waals surface area contributed by atoms with Crippen molar-refractivity contribution in [2.45, 2.75) is 77.0 Å². The van der Waals surface area contributed by atoms with Crippen molar-refractivity contribution in [3.8, 4) is 0 Å². The van der Waals surface area contributed by atoms with Gasteiger partial charge in [0.05, 0.1) is 36.8 Å². The van der Waals surface area contributed by atoms with Crippen molar-refractivity contribution in [3.05, 3.63) is 30.1 Å². The van der Waals surface area contributed by atoms with Crippen molar-refractivity contribution in [1.82, 2.24) is 24.0 Å². The van der Waals surface area contributed by atoms with Crippen LogP contribution in [0.1, 0.15) is 51.6 Å². The van der Waals surface area contributed by atoms with Gasteiger partial charge in [0.25, 0.3) is 0 Å². The fraction of sp³-hybridized carbons (Fsp3) is 0.700. The molecule has 0 radical (unpaired) electrons. The van der Waals surface area contributed by atoms with Gasteiger partial charge < -0.3 is 13.9 Å². The highest BCUT2D eigenvalue weighted by Crippen LogP contribution is 2.22. The third-order valence-electron chi connectivity index (χ3n) is 5.42. The third kappa shape index (κ3) is 5.26. The molecule has 0 aliphatic carbocycles. The maximum Gasteiger partial charge on any atom is 0.227 e. The molecule has 1 atom stereocenters. The van der Waals surface area contributed by atoms with Crippen LogP contribution in [0.4, 0.5) is 0 Å². The second-order valence-electron chi connectivity index (χ2n) is 8.05. The lowest BCUT2D eigenvalue weighted by Crippen LogP contribution is -2.32. The molecule has 0 spiro atoms. The number of rotatable bonds is 10. The van der Waals surface area contributed by atoms with Gasteiger partial charge in [0.1, 0.15) is 5.82 Å². The van der Waals surface area contributed by atoms with E-state index in [1.807, 2.05) is 29.3 Å². The average Bonchev–Trinajstić information content (AvgIpc) is 3.38. The van der Waals surface area contributed by atoms with Crippen molar-refractivity contribution < 1.29 is 13.2 Å². The van der Waals surface area contributed by atoms with Crippen LogP contribution in [0.2, 0.25) is 0 Å². The van der Waals surface area contributed by atoms with E-state index in [0.29, 0.717) is 26.1 Å². The van der Waals surface area contributed by atoms with Crippen molar-refractivity contribution in [3.63, 3.8) is 0 Å². The minimum absolute atomic E-state index is 0.0422. The third-order valence-corrected chi connectivity index (χ3v) is 7.25. The number of hydrogen-bond donors (Lipinski definition) is 0. The van der Waals surface area contributed by atoms with E-state index in [4.69, 9.17) is 4.74 Å². The Balaban J connectivity index is 1.89. The molecule has 2 aromatic rings. The summed E-state index contributed by atoms with van der Waals surface area (Å²) < 4.78 is 35.3. The van der Waals surface area contributed by atoms with E-state index in [9.17, 15) is 8.42 Å². The van der Waals surface area contributed by atoms with E-state index >= 15 is 0 Å². The van der Waals surface area contributed by atoms with Gasteiger partial charge in [-0.1, -0.05) is 6.92 Å². The van der Waals surface area contributed by atoms with Gasteiger partial charge in [0.2, 0.25) is 15.0 Å². The van der Waals surface area contributed by atoms with Crippen LogP contribution in [0.5, 0.6) is 0 Å². The molecule has 9 heteroatoms. The van der Waals surface area contributed by atoms with Crippen LogP contribution in [0, 0.1) is 0 Å². The lowest BCUT2D eigenvalue weighted by Gasteiger charge is -2.27. The molecule has 2 aromatic heterocycles. The first kappa shape index (κ1) is 22.0. The maximum absolute atomic E-state index is 12.8. The van der Waals surface area contributed by atoms with Gasteiger partial charge in [-0.25, -0.2) is 18.4 Å². The van der Waals surface area contributed by atoms with Crippen molar-refractivity contribution in [2.24, 2.45) is 7.05 Å². The summed E-state index contributed by atoms with van der Waals surface area (Å²) in [5.74, 6) is 1.08. The zero-order chi connectivity index (χ0) is 21.0. The molecule has 0 bridgehead atoms. The first-order valence-corrected chi connectivity index (χ1v) is 12.1. The molecule has 29 heavy (non-hydrogen) atoms. The van der Waals surface area contributed by atoms with Crippen molar-refractivity contribution in [2.75, 3.05) is 12.4 Å². The number of nitrogens with zero attached hydrogens (tertiary/aromatic N) is 5. The summed E-state index contributed by atoms with van der Waals surface area (Å²) in [6, 6.07) is 0.272. The highest BCUT2D eigenvalue weighted by Gasteiger charge is 2.27. The number of imidazole rings is 2. The van der Waals surface area contributed by atoms with E-state index < -0.39 is 9.84 Å². The molecule has 0 unspecified atom stereocenters. The summed E-state index contributed by atoms with van der Waals surface area (Å²) in [6.45, 7) is 8.70. The first-order valence-electron chi connectivity index (χ1n) is 10.4. The van der Waals surface area contributed by atoms with Gasteiger partial charge in [-0.15, -0.1) is 0 Å². The Bertz CT molecular complexity index is 897. The van der Waals surface area contributed by atoms with E-state index in [-0.39, 0.29) is 23.1 Å². The first-order chi connectivity index (χ1) is 13.8. The van der Waals surface area contributed by atoms with E-state index in [2.05, 4.69) is 28.7 Å². The Kier molecular flexibility index (Phi) is 7.13. The minimum Gasteiger partial charge on any atom is -0.376 e. The van der Waals surface area contributed by atoms with E-state index in [0.717, 1.165) is 31.0 Å². The molecule has 0 aromatic carbocycles. The largest absolute Gasteiger partial charge is 0.376 e. The van der Waals surface area contributed by atoms with Crippen LogP contribution in [-0.4, -0.2) is 56.9 Å².